The topological polar surface area (TPSA) is 89.3 Å². The number of benzene rings is 2. The maximum Gasteiger partial charge on any atom is 0.259 e. The number of fused-ring (bicyclic) bond motifs is 1. The Morgan fingerprint density at radius 3 is 2.38 bits per heavy atom. The van der Waals surface area contributed by atoms with Crippen molar-refractivity contribution in [2.75, 3.05) is 37.7 Å². The third-order valence-electron chi connectivity index (χ3n) is 5.65. The van der Waals surface area contributed by atoms with Crippen LogP contribution >= 0.6 is 0 Å². The molecule has 1 aliphatic heterocycles. The number of amides is 1. The molecule has 4 aromatic rings. The van der Waals surface area contributed by atoms with Crippen molar-refractivity contribution in [2.45, 2.75) is 6.92 Å². The molecule has 5 rings (SSSR count). The minimum atomic E-state index is -0.865. The summed E-state index contributed by atoms with van der Waals surface area (Å²) in [5.41, 5.74) is 1.31. The number of carbonyl (C=O) groups excluding carboxylic acids is 1. The van der Waals surface area contributed by atoms with Gasteiger partial charge in [0.2, 0.25) is 0 Å². The first-order valence-corrected chi connectivity index (χ1v) is 10.8. The van der Waals surface area contributed by atoms with Gasteiger partial charge in [0.15, 0.2) is 17.0 Å². The smallest absolute Gasteiger partial charge is 0.259 e. The highest BCUT2D eigenvalue weighted by atomic mass is 19.1. The van der Waals surface area contributed by atoms with Gasteiger partial charge in [-0.1, -0.05) is 11.3 Å². The summed E-state index contributed by atoms with van der Waals surface area (Å²) < 4.78 is 35.2. The number of piperazine rings is 1. The summed E-state index contributed by atoms with van der Waals surface area (Å²) >= 11 is 0. The van der Waals surface area contributed by atoms with Crippen LogP contribution in [0.15, 0.2) is 48.8 Å². The molecular formula is C23H21F2N7O2. The Labute approximate surface area is 193 Å². The Hall–Kier alpha value is -4.15. The van der Waals surface area contributed by atoms with E-state index in [0.29, 0.717) is 36.7 Å². The van der Waals surface area contributed by atoms with Crippen molar-refractivity contribution in [1.29, 1.82) is 0 Å². The van der Waals surface area contributed by atoms with Crippen molar-refractivity contribution in [3.63, 3.8) is 0 Å². The molecule has 1 saturated heterocycles. The molecule has 0 aliphatic carbocycles. The standard InChI is InChI=1S/C23H21F2N7O2/c1-2-34-16-8-6-15(7-9-16)32-22-20(28-29-32)21(26-14-27-22)30-10-12-31(13-11-30)23(33)19-17(24)4-3-5-18(19)25/h3-9,14H,2,10-13H2,1H3. The van der Waals surface area contributed by atoms with Gasteiger partial charge in [-0.25, -0.2) is 18.7 Å². The van der Waals surface area contributed by atoms with E-state index in [9.17, 15) is 13.6 Å². The molecular weight excluding hydrogens is 444 g/mol. The van der Waals surface area contributed by atoms with Gasteiger partial charge in [0, 0.05) is 26.2 Å². The zero-order valence-electron chi connectivity index (χ0n) is 18.4. The third kappa shape index (κ3) is 3.89. The lowest BCUT2D eigenvalue weighted by molar-refractivity contribution is 0.0736. The van der Waals surface area contributed by atoms with Crippen LogP contribution < -0.4 is 9.64 Å². The fourth-order valence-corrected chi connectivity index (χ4v) is 3.97. The molecule has 1 fully saturated rings. The number of ether oxygens (including phenoxy) is 1. The van der Waals surface area contributed by atoms with E-state index in [1.807, 2.05) is 36.1 Å². The van der Waals surface area contributed by atoms with E-state index in [1.54, 1.807) is 4.68 Å². The van der Waals surface area contributed by atoms with Crippen LogP contribution in [0.5, 0.6) is 5.75 Å². The number of hydrogen-bond acceptors (Lipinski definition) is 7. The zero-order valence-corrected chi connectivity index (χ0v) is 18.4. The van der Waals surface area contributed by atoms with Crippen LogP contribution in [0, 0.1) is 11.6 Å². The first kappa shape index (κ1) is 21.7. The Kier molecular flexibility index (Phi) is 5.74. The summed E-state index contributed by atoms with van der Waals surface area (Å²) in [7, 11) is 0. The lowest BCUT2D eigenvalue weighted by Crippen LogP contribution is -2.49. The summed E-state index contributed by atoms with van der Waals surface area (Å²) in [5, 5.41) is 8.54. The molecule has 0 bridgehead atoms. The third-order valence-corrected chi connectivity index (χ3v) is 5.65. The summed E-state index contributed by atoms with van der Waals surface area (Å²) in [5.74, 6) is -1.05. The number of nitrogens with zero attached hydrogens (tertiary/aromatic N) is 7. The highest BCUT2D eigenvalue weighted by molar-refractivity contribution is 5.95. The van der Waals surface area contributed by atoms with Gasteiger partial charge >= 0.3 is 0 Å². The van der Waals surface area contributed by atoms with E-state index in [1.165, 1.54) is 17.3 Å². The van der Waals surface area contributed by atoms with E-state index in [4.69, 9.17) is 4.74 Å². The van der Waals surface area contributed by atoms with Crippen molar-refractivity contribution < 1.29 is 18.3 Å². The molecule has 0 atom stereocenters. The minimum absolute atomic E-state index is 0.283. The summed E-state index contributed by atoms with van der Waals surface area (Å²) in [4.78, 5) is 24.8. The van der Waals surface area contributed by atoms with E-state index >= 15 is 0 Å². The van der Waals surface area contributed by atoms with Crippen molar-refractivity contribution in [2.24, 2.45) is 0 Å². The van der Waals surface area contributed by atoms with Gasteiger partial charge in [0.05, 0.1) is 12.3 Å². The SMILES string of the molecule is CCOc1ccc(-n2nnc3c(N4CCN(C(=O)c5c(F)cccc5F)CC4)ncnc32)cc1. The van der Waals surface area contributed by atoms with Crippen LogP contribution in [0.2, 0.25) is 0 Å². The number of halogens is 2. The van der Waals surface area contributed by atoms with E-state index in [2.05, 4.69) is 20.3 Å². The zero-order chi connectivity index (χ0) is 23.7. The van der Waals surface area contributed by atoms with E-state index in [0.717, 1.165) is 23.6 Å². The van der Waals surface area contributed by atoms with Crippen LogP contribution in [0.4, 0.5) is 14.6 Å². The van der Waals surface area contributed by atoms with Gasteiger partial charge in [0.1, 0.15) is 29.3 Å². The summed E-state index contributed by atoms with van der Waals surface area (Å²) in [6.07, 6.45) is 1.44. The van der Waals surface area contributed by atoms with Crippen molar-refractivity contribution in [1.82, 2.24) is 29.9 Å². The molecule has 0 N–H and O–H groups in total. The fraction of sp³-hybridized carbons (Fsp3) is 0.261. The number of hydrogen-bond donors (Lipinski definition) is 0. The maximum absolute atomic E-state index is 14.0. The fourth-order valence-electron chi connectivity index (χ4n) is 3.97. The van der Waals surface area contributed by atoms with Crippen LogP contribution in [0.25, 0.3) is 16.9 Å². The predicted molar refractivity (Wildman–Crippen MR) is 120 cm³/mol. The van der Waals surface area contributed by atoms with Crippen molar-refractivity contribution >= 4 is 22.9 Å². The first-order chi connectivity index (χ1) is 16.6. The van der Waals surface area contributed by atoms with Gasteiger partial charge in [-0.2, -0.15) is 4.68 Å². The number of carbonyl (C=O) groups is 1. The first-order valence-electron chi connectivity index (χ1n) is 10.8. The molecule has 174 valence electrons. The van der Waals surface area contributed by atoms with Gasteiger partial charge in [-0.3, -0.25) is 4.79 Å². The highest BCUT2D eigenvalue weighted by Crippen LogP contribution is 2.25. The van der Waals surface area contributed by atoms with Gasteiger partial charge in [0.25, 0.3) is 5.91 Å². The minimum Gasteiger partial charge on any atom is -0.494 e. The summed E-state index contributed by atoms with van der Waals surface area (Å²) in [6.45, 7) is 3.91. The van der Waals surface area contributed by atoms with Crippen molar-refractivity contribution in [3.8, 4) is 11.4 Å². The van der Waals surface area contributed by atoms with Crippen LogP contribution in [0.3, 0.4) is 0 Å². The molecule has 34 heavy (non-hydrogen) atoms. The Morgan fingerprint density at radius 1 is 1.00 bits per heavy atom. The molecule has 2 aromatic heterocycles. The molecule has 0 saturated carbocycles. The molecule has 9 nitrogen and oxygen atoms in total. The average Bonchev–Trinajstić information content (AvgIpc) is 3.29. The molecule has 0 radical (unpaired) electrons. The predicted octanol–water partition coefficient (Wildman–Crippen LogP) is 2.85. The number of aromatic nitrogens is 5. The van der Waals surface area contributed by atoms with Crippen molar-refractivity contribution in [3.05, 3.63) is 66.0 Å². The van der Waals surface area contributed by atoms with Gasteiger partial charge in [-0.15, -0.1) is 5.10 Å². The Balaban J connectivity index is 1.35. The number of anilines is 1. The van der Waals surface area contributed by atoms with Crippen LogP contribution in [-0.2, 0) is 0 Å². The summed E-state index contributed by atoms with van der Waals surface area (Å²) in [6, 6.07) is 10.8. The van der Waals surface area contributed by atoms with E-state index in [-0.39, 0.29) is 13.1 Å². The second-order valence-corrected chi connectivity index (χ2v) is 7.67. The molecule has 0 spiro atoms. The second-order valence-electron chi connectivity index (χ2n) is 7.67. The Morgan fingerprint density at radius 2 is 1.71 bits per heavy atom. The second kappa shape index (κ2) is 9.00. The van der Waals surface area contributed by atoms with E-state index < -0.39 is 23.1 Å². The average molecular weight is 465 g/mol. The molecule has 2 aromatic carbocycles. The number of rotatable bonds is 5. The monoisotopic (exact) mass is 465 g/mol. The maximum atomic E-state index is 14.0. The molecule has 1 aliphatic rings. The lowest BCUT2D eigenvalue weighted by Gasteiger charge is -2.35. The molecule has 0 unspecified atom stereocenters. The molecule has 11 heteroatoms. The van der Waals surface area contributed by atoms with Gasteiger partial charge < -0.3 is 14.5 Å². The lowest BCUT2D eigenvalue weighted by atomic mass is 10.1. The normalized spacial score (nSPS) is 14.0. The van der Waals surface area contributed by atoms with Crippen LogP contribution in [0.1, 0.15) is 17.3 Å². The highest BCUT2D eigenvalue weighted by Gasteiger charge is 2.28. The largest absolute Gasteiger partial charge is 0.494 e. The quantitative estimate of drug-likeness (QED) is 0.448. The Bertz CT molecular complexity index is 1310. The van der Waals surface area contributed by atoms with Gasteiger partial charge in [-0.05, 0) is 43.3 Å². The molecule has 1 amide bonds. The molecule has 3 heterocycles. The van der Waals surface area contributed by atoms with Crippen LogP contribution in [-0.4, -0.2) is 68.6 Å².